The van der Waals surface area contributed by atoms with E-state index in [4.69, 9.17) is 9.47 Å². The number of aromatic nitrogens is 2. The number of aliphatic hydroxyl groups is 1. The van der Waals surface area contributed by atoms with E-state index in [0.29, 0.717) is 11.3 Å². The highest BCUT2D eigenvalue weighted by atomic mass is 16.6. The van der Waals surface area contributed by atoms with Crippen molar-refractivity contribution in [1.82, 2.24) is 9.97 Å². The van der Waals surface area contributed by atoms with Crippen molar-refractivity contribution in [1.29, 1.82) is 0 Å². The van der Waals surface area contributed by atoms with Crippen molar-refractivity contribution in [3.8, 4) is 0 Å². The van der Waals surface area contributed by atoms with Gasteiger partial charge in [0.2, 0.25) is 0 Å². The normalized spacial score (nSPS) is 19.9. The molecule has 0 radical (unpaired) electrons. The second-order valence-electron chi connectivity index (χ2n) is 9.00. The Balaban J connectivity index is 1.51. The Labute approximate surface area is 208 Å². The minimum Gasteiger partial charge on any atom is -0.390 e. The topological polar surface area (TPSA) is 104 Å². The molecule has 0 bridgehead atoms. The molecule has 4 aromatic rings. The summed E-state index contributed by atoms with van der Waals surface area (Å²) in [4.78, 5) is 28.8. The third kappa shape index (κ3) is 4.44. The average Bonchev–Trinajstić information content (AvgIpc) is 3.28. The number of H-pyrrole nitrogens is 2. The minimum absolute atomic E-state index is 0.0861. The number of aromatic amines is 2. The van der Waals surface area contributed by atoms with Crippen LogP contribution in [0.4, 0.5) is 0 Å². The zero-order valence-electron chi connectivity index (χ0n) is 19.9. The summed E-state index contributed by atoms with van der Waals surface area (Å²) >= 11 is 0. The molecule has 1 aliphatic heterocycles. The van der Waals surface area contributed by atoms with Crippen LogP contribution in [0.15, 0.2) is 101 Å². The van der Waals surface area contributed by atoms with Crippen LogP contribution in [0.1, 0.15) is 40.5 Å². The fourth-order valence-electron chi connectivity index (χ4n) is 4.93. The molecular formula is C29H28N2O5. The molecule has 0 spiro atoms. The smallest absolute Gasteiger partial charge is 0.325 e. The van der Waals surface area contributed by atoms with Crippen LogP contribution in [0, 0.1) is 6.92 Å². The van der Waals surface area contributed by atoms with Gasteiger partial charge in [0.1, 0.15) is 17.8 Å². The first-order chi connectivity index (χ1) is 17.5. The Morgan fingerprint density at radius 1 is 0.861 bits per heavy atom. The lowest BCUT2D eigenvalue weighted by molar-refractivity contribution is -0.0833. The van der Waals surface area contributed by atoms with Crippen LogP contribution in [0.3, 0.4) is 0 Å². The third-order valence-corrected chi connectivity index (χ3v) is 6.77. The van der Waals surface area contributed by atoms with E-state index in [2.05, 4.69) is 9.97 Å². The van der Waals surface area contributed by atoms with E-state index >= 15 is 0 Å². The first kappa shape index (κ1) is 23.9. The Bertz CT molecular complexity index is 1320. The number of aliphatic hydroxyl groups excluding tert-OH is 1. The largest absolute Gasteiger partial charge is 0.390 e. The maximum Gasteiger partial charge on any atom is 0.325 e. The van der Waals surface area contributed by atoms with Gasteiger partial charge in [-0.1, -0.05) is 91.0 Å². The molecule has 7 heteroatoms. The molecular weight excluding hydrogens is 456 g/mol. The fraction of sp³-hybridized carbons (Fsp3) is 0.241. The minimum atomic E-state index is -0.945. The quantitative estimate of drug-likeness (QED) is 0.348. The molecule has 2 heterocycles. The van der Waals surface area contributed by atoms with E-state index in [-0.39, 0.29) is 13.0 Å². The highest BCUT2D eigenvalue weighted by molar-refractivity contribution is 5.47. The van der Waals surface area contributed by atoms with Crippen LogP contribution in [0.25, 0.3) is 0 Å². The van der Waals surface area contributed by atoms with Gasteiger partial charge in [0.15, 0.2) is 0 Å². The van der Waals surface area contributed by atoms with Gasteiger partial charge in [0, 0.05) is 12.0 Å². The van der Waals surface area contributed by atoms with Gasteiger partial charge >= 0.3 is 5.69 Å². The Morgan fingerprint density at radius 3 is 1.86 bits per heavy atom. The molecule has 1 fully saturated rings. The molecule has 0 saturated carbocycles. The standard InChI is InChI=1S/C29H28N2O5/c1-19-26(30-28(34)31-27(19)33)24-17-23(32)25(36-24)18-35-29(20-11-5-2-6-12-20,21-13-7-3-8-14-21)22-15-9-4-10-16-22/h2-16,23-25,32H,17-18H2,1H3,(H2,30,31,33,34)/t23-,24-,25+/m1/s1. The maximum atomic E-state index is 12.1. The molecule has 7 nitrogen and oxygen atoms in total. The molecule has 3 N–H and O–H groups in total. The first-order valence-electron chi connectivity index (χ1n) is 12.0. The SMILES string of the molecule is Cc1c([C@H]2C[C@@H](O)[C@H](COC(c3ccccc3)(c3ccccc3)c3ccccc3)O2)[nH]c(=O)[nH]c1=O. The van der Waals surface area contributed by atoms with Crippen molar-refractivity contribution >= 4 is 0 Å². The number of nitrogens with one attached hydrogen (secondary N) is 2. The van der Waals surface area contributed by atoms with Gasteiger partial charge in [-0.15, -0.1) is 0 Å². The summed E-state index contributed by atoms with van der Waals surface area (Å²) in [6, 6.07) is 29.9. The summed E-state index contributed by atoms with van der Waals surface area (Å²) in [7, 11) is 0. The maximum absolute atomic E-state index is 12.1. The van der Waals surface area contributed by atoms with Crippen LogP contribution in [-0.2, 0) is 15.1 Å². The Hall–Kier alpha value is -3.78. The molecule has 3 atom stereocenters. The molecule has 1 saturated heterocycles. The van der Waals surface area contributed by atoms with Crippen molar-refractivity contribution < 1.29 is 14.6 Å². The second kappa shape index (κ2) is 10.1. The van der Waals surface area contributed by atoms with Gasteiger partial charge < -0.3 is 19.6 Å². The summed E-state index contributed by atoms with van der Waals surface area (Å²) in [5, 5.41) is 10.9. The van der Waals surface area contributed by atoms with E-state index in [1.165, 1.54) is 0 Å². The van der Waals surface area contributed by atoms with Crippen molar-refractivity contribution in [2.24, 2.45) is 0 Å². The molecule has 1 aromatic heterocycles. The highest BCUT2D eigenvalue weighted by Gasteiger charge is 2.42. The molecule has 0 unspecified atom stereocenters. The fourth-order valence-corrected chi connectivity index (χ4v) is 4.93. The van der Waals surface area contributed by atoms with E-state index in [9.17, 15) is 14.7 Å². The summed E-state index contributed by atoms with van der Waals surface area (Å²) in [5.41, 5.74) is 1.56. The summed E-state index contributed by atoms with van der Waals surface area (Å²) in [6.45, 7) is 1.71. The Morgan fingerprint density at radius 2 is 1.36 bits per heavy atom. The average molecular weight is 485 g/mol. The predicted molar refractivity (Wildman–Crippen MR) is 136 cm³/mol. The van der Waals surface area contributed by atoms with Gasteiger partial charge in [-0.3, -0.25) is 9.78 Å². The molecule has 36 heavy (non-hydrogen) atoms. The van der Waals surface area contributed by atoms with Gasteiger partial charge in [0.05, 0.1) is 18.4 Å². The summed E-state index contributed by atoms with van der Waals surface area (Å²) < 4.78 is 12.9. The lowest BCUT2D eigenvalue weighted by atomic mass is 9.80. The van der Waals surface area contributed by atoms with E-state index in [0.717, 1.165) is 16.7 Å². The predicted octanol–water partition coefficient (Wildman–Crippen LogP) is 3.57. The Kier molecular flexibility index (Phi) is 6.69. The van der Waals surface area contributed by atoms with E-state index in [1.54, 1.807) is 6.92 Å². The zero-order valence-corrected chi connectivity index (χ0v) is 19.9. The van der Waals surface area contributed by atoms with Crippen molar-refractivity contribution in [3.63, 3.8) is 0 Å². The first-order valence-corrected chi connectivity index (χ1v) is 12.0. The number of rotatable bonds is 7. The molecule has 5 rings (SSSR count). The van der Waals surface area contributed by atoms with Crippen molar-refractivity contribution in [2.75, 3.05) is 6.61 Å². The van der Waals surface area contributed by atoms with Crippen molar-refractivity contribution in [2.45, 2.75) is 37.3 Å². The van der Waals surface area contributed by atoms with Gasteiger partial charge in [-0.2, -0.15) is 0 Å². The van der Waals surface area contributed by atoms with Crippen molar-refractivity contribution in [3.05, 3.63) is 140 Å². The molecule has 0 aliphatic carbocycles. The number of hydrogen-bond donors (Lipinski definition) is 3. The van der Waals surface area contributed by atoms with Crippen LogP contribution in [-0.4, -0.2) is 33.9 Å². The second-order valence-corrected chi connectivity index (χ2v) is 9.00. The zero-order chi connectivity index (χ0) is 25.1. The number of benzene rings is 3. The lowest BCUT2D eigenvalue weighted by Crippen LogP contribution is -2.38. The molecule has 3 aromatic carbocycles. The summed E-state index contributed by atoms with van der Waals surface area (Å²) in [6.07, 6.45) is -1.88. The van der Waals surface area contributed by atoms with E-state index in [1.807, 2.05) is 91.0 Å². The van der Waals surface area contributed by atoms with Gasteiger partial charge in [-0.05, 0) is 23.6 Å². The van der Waals surface area contributed by atoms with E-state index < -0.39 is 35.2 Å². The monoisotopic (exact) mass is 484 g/mol. The van der Waals surface area contributed by atoms with Crippen LogP contribution in [0.5, 0.6) is 0 Å². The molecule has 0 amide bonds. The lowest BCUT2D eigenvalue weighted by Gasteiger charge is -2.37. The number of hydrogen-bond acceptors (Lipinski definition) is 5. The third-order valence-electron chi connectivity index (χ3n) is 6.77. The van der Waals surface area contributed by atoms with Crippen LogP contribution < -0.4 is 11.2 Å². The van der Waals surface area contributed by atoms with Gasteiger partial charge in [-0.25, -0.2) is 4.79 Å². The van der Waals surface area contributed by atoms with Crippen LogP contribution in [0.2, 0.25) is 0 Å². The van der Waals surface area contributed by atoms with Gasteiger partial charge in [0.25, 0.3) is 5.56 Å². The molecule has 184 valence electrons. The number of ether oxygens (including phenoxy) is 2. The highest BCUT2D eigenvalue weighted by Crippen LogP contribution is 2.42. The summed E-state index contributed by atoms with van der Waals surface area (Å²) in [5.74, 6) is 0. The van der Waals surface area contributed by atoms with Crippen LogP contribution >= 0.6 is 0 Å². The molecule has 1 aliphatic rings.